The number of nitrogens with zero attached hydrogens (tertiary/aromatic N) is 4. The normalized spacial score (nSPS) is 10.8. The second-order valence-electron chi connectivity index (χ2n) is 7.89. The zero-order valence-corrected chi connectivity index (χ0v) is 18.7. The van der Waals surface area contributed by atoms with Crippen LogP contribution < -0.4 is 10.1 Å². The lowest BCUT2D eigenvalue weighted by molar-refractivity contribution is 0.0987. The highest BCUT2D eigenvalue weighted by atomic mass is 19.1. The lowest BCUT2D eigenvalue weighted by Crippen LogP contribution is -2.13. The molecule has 0 bridgehead atoms. The van der Waals surface area contributed by atoms with Gasteiger partial charge in [0.05, 0.1) is 0 Å². The number of amides is 1. The highest BCUT2D eigenvalue weighted by Crippen LogP contribution is 2.33. The van der Waals surface area contributed by atoms with Crippen LogP contribution in [0.5, 0.6) is 11.5 Å². The number of anilines is 1. The fourth-order valence-electron chi connectivity index (χ4n) is 3.62. The summed E-state index contributed by atoms with van der Waals surface area (Å²) in [6, 6.07) is 18.6. The second kappa shape index (κ2) is 9.18. The van der Waals surface area contributed by atoms with Crippen LogP contribution in [0, 0.1) is 19.7 Å². The molecule has 0 atom stereocenters. The number of nitrogens with one attached hydrogen (secondary N) is 2. The molecule has 35 heavy (non-hydrogen) atoms. The van der Waals surface area contributed by atoms with Crippen molar-refractivity contribution >= 4 is 11.6 Å². The minimum atomic E-state index is -0.673. The Labute approximate surface area is 198 Å². The monoisotopic (exact) mass is 470 g/mol. The molecule has 0 aliphatic heterocycles. The van der Waals surface area contributed by atoms with Crippen LogP contribution in [0.25, 0.3) is 22.6 Å². The van der Waals surface area contributed by atoms with Crippen molar-refractivity contribution in [2.75, 3.05) is 5.32 Å². The molecule has 2 aromatic heterocycles. The van der Waals surface area contributed by atoms with Gasteiger partial charge in [-0.15, -0.1) is 10.2 Å². The van der Waals surface area contributed by atoms with E-state index in [1.54, 1.807) is 24.3 Å². The van der Waals surface area contributed by atoms with Crippen molar-refractivity contribution in [3.05, 3.63) is 89.4 Å². The standard InChI is InChI=1S/C25H19FN6O3/c1-14-9-15(2)11-18(10-14)34-21-8-4-7-19(26)23(21)27-25(33)22-13-20(30-35-22)16-5-3-6-17(12-16)24-28-31-32-29-24/h3-13H,1-2H3,(H,27,33)(H,28,29,31,32). The summed E-state index contributed by atoms with van der Waals surface area (Å²) in [5.41, 5.74) is 3.71. The number of benzene rings is 3. The maximum absolute atomic E-state index is 14.7. The van der Waals surface area contributed by atoms with E-state index in [0.29, 0.717) is 28.4 Å². The number of hydrogen-bond acceptors (Lipinski definition) is 7. The fourth-order valence-corrected chi connectivity index (χ4v) is 3.62. The molecule has 2 heterocycles. The van der Waals surface area contributed by atoms with Gasteiger partial charge >= 0.3 is 0 Å². The summed E-state index contributed by atoms with van der Waals surface area (Å²) in [6.07, 6.45) is 0. The van der Waals surface area contributed by atoms with E-state index in [1.807, 2.05) is 38.1 Å². The van der Waals surface area contributed by atoms with Gasteiger partial charge in [-0.2, -0.15) is 5.21 Å². The number of carbonyl (C=O) groups excluding carboxylic acids is 1. The van der Waals surface area contributed by atoms with E-state index in [0.717, 1.165) is 11.1 Å². The molecule has 1 amide bonds. The molecule has 10 heteroatoms. The number of aryl methyl sites for hydroxylation is 2. The average molecular weight is 470 g/mol. The molecule has 0 radical (unpaired) electrons. The Morgan fingerprint density at radius 1 is 1.00 bits per heavy atom. The van der Waals surface area contributed by atoms with E-state index >= 15 is 0 Å². The topological polar surface area (TPSA) is 119 Å². The Hall–Kier alpha value is -4.86. The minimum absolute atomic E-state index is 0.0921. The largest absolute Gasteiger partial charge is 0.455 e. The number of tetrazole rings is 1. The molecular weight excluding hydrogens is 451 g/mol. The molecular formula is C25H19FN6O3. The first kappa shape index (κ1) is 22.0. The highest BCUT2D eigenvalue weighted by Gasteiger charge is 2.19. The first-order chi connectivity index (χ1) is 17.0. The van der Waals surface area contributed by atoms with Crippen molar-refractivity contribution in [1.82, 2.24) is 25.8 Å². The SMILES string of the molecule is Cc1cc(C)cc(Oc2cccc(F)c2NC(=O)c2cc(-c3cccc(-c4nn[nH]n4)c3)no2)c1. The zero-order chi connectivity index (χ0) is 24.4. The third-order valence-electron chi connectivity index (χ3n) is 5.13. The van der Waals surface area contributed by atoms with E-state index in [9.17, 15) is 9.18 Å². The van der Waals surface area contributed by atoms with Crippen LogP contribution in [0.1, 0.15) is 21.7 Å². The summed E-state index contributed by atoms with van der Waals surface area (Å²) in [7, 11) is 0. The fraction of sp³-hybridized carbons (Fsp3) is 0.0800. The summed E-state index contributed by atoms with van der Waals surface area (Å²) >= 11 is 0. The first-order valence-corrected chi connectivity index (χ1v) is 10.6. The molecule has 5 aromatic rings. The predicted octanol–water partition coefficient (Wildman–Crippen LogP) is 5.32. The minimum Gasteiger partial charge on any atom is -0.455 e. The summed E-state index contributed by atoms with van der Waals surface area (Å²) in [5, 5.41) is 20.4. The van der Waals surface area contributed by atoms with Crippen LogP contribution in [-0.2, 0) is 0 Å². The molecule has 0 spiro atoms. The predicted molar refractivity (Wildman–Crippen MR) is 125 cm³/mol. The van der Waals surface area contributed by atoms with Crippen LogP contribution in [0.3, 0.4) is 0 Å². The third-order valence-corrected chi connectivity index (χ3v) is 5.13. The van der Waals surface area contributed by atoms with Gasteiger partial charge in [0.25, 0.3) is 5.91 Å². The van der Waals surface area contributed by atoms with Crippen molar-refractivity contribution in [1.29, 1.82) is 0 Å². The van der Waals surface area contributed by atoms with Crippen LogP contribution in [0.2, 0.25) is 0 Å². The van der Waals surface area contributed by atoms with Gasteiger partial charge in [-0.1, -0.05) is 35.5 Å². The number of ether oxygens (including phenoxy) is 1. The summed E-state index contributed by atoms with van der Waals surface area (Å²) < 4.78 is 25.8. The maximum atomic E-state index is 14.7. The molecule has 9 nitrogen and oxygen atoms in total. The van der Waals surface area contributed by atoms with Gasteiger partial charge < -0.3 is 14.6 Å². The van der Waals surface area contributed by atoms with Gasteiger partial charge in [-0.05, 0) is 60.5 Å². The number of carbonyl (C=O) groups is 1. The van der Waals surface area contributed by atoms with E-state index in [1.165, 1.54) is 18.2 Å². The van der Waals surface area contributed by atoms with Gasteiger partial charge in [0.1, 0.15) is 17.1 Å². The van der Waals surface area contributed by atoms with Crippen LogP contribution >= 0.6 is 0 Å². The highest BCUT2D eigenvalue weighted by molar-refractivity contribution is 6.03. The Morgan fingerprint density at radius 2 is 1.77 bits per heavy atom. The van der Waals surface area contributed by atoms with Crippen molar-refractivity contribution in [3.63, 3.8) is 0 Å². The number of aromatic nitrogens is 5. The molecule has 174 valence electrons. The molecule has 3 aromatic carbocycles. The number of para-hydroxylation sites is 1. The molecule has 0 aliphatic rings. The number of halogens is 1. The van der Waals surface area contributed by atoms with Gasteiger partial charge in [-0.3, -0.25) is 4.79 Å². The summed E-state index contributed by atoms with van der Waals surface area (Å²) in [5.74, 6) is -0.293. The van der Waals surface area contributed by atoms with Crippen LogP contribution in [0.15, 0.2) is 71.3 Å². The average Bonchev–Trinajstić information content (AvgIpc) is 3.54. The lowest BCUT2D eigenvalue weighted by atomic mass is 10.1. The second-order valence-corrected chi connectivity index (χ2v) is 7.89. The van der Waals surface area contributed by atoms with E-state index in [2.05, 4.69) is 31.1 Å². The van der Waals surface area contributed by atoms with Crippen molar-refractivity contribution in [3.8, 4) is 34.1 Å². The van der Waals surface area contributed by atoms with Gasteiger partial charge in [-0.25, -0.2) is 4.39 Å². The molecule has 0 fully saturated rings. The first-order valence-electron chi connectivity index (χ1n) is 10.6. The Bertz CT molecular complexity index is 1490. The Balaban J connectivity index is 1.38. The van der Waals surface area contributed by atoms with E-state index < -0.39 is 11.7 Å². The van der Waals surface area contributed by atoms with E-state index in [-0.39, 0.29) is 17.2 Å². The number of aromatic amines is 1. The van der Waals surface area contributed by atoms with Crippen molar-refractivity contribution in [2.24, 2.45) is 0 Å². The number of H-pyrrole nitrogens is 1. The third kappa shape index (κ3) is 4.76. The van der Waals surface area contributed by atoms with Crippen LogP contribution in [0.4, 0.5) is 10.1 Å². The number of rotatable bonds is 6. The summed E-state index contributed by atoms with van der Waals surface area (Å²) in [4.78, 5) is 12.9. The Kier molecular flexibility index (Phi) is 5.76. The maximum Gasteiger partial charge on any atom is 0.294 e. The quantitative estimate of drug-likeness (QED) is 0.345. The zero-order valence-electron chi connectivity index (χ0n) is 18.7. The van der Waals surface area contributed by atoms with Crippen molar-refractivity contribution < 1.29 is 18.4 Å². The molecule has 5 rings (SSSR count). The molecule has 0 unspecified atom stereocenters. The van der Waals surface area contributed by atoms with Gasteiger partial charge in [0.15, 0.2) is 11.6 Å². The molecule has 0 saturated carbocycles. The Morgan fingerprint density at radius 3 is 2.54 bits per heavy atom. The lowest BCUT2D eigenvalue weighted by Gasteiger charge is -2.13. The van der Waals surface area contributed by atoms with Gasteiger partial charge in [0, 0.05) is 17.2 Å². The van der Waals surface area contributed by atoms with Gasteiger partial charge in [0.2, 0.25) is 11.6 Å². The number of hydrogen-bond donors (Lipinski definition) is 2. The molecule has 2 N–H and O–H groups in total. The van der Waals surface area contributed by atoms with Crippen molar-refractivity contribution in [2.45, 2.75) is 13.8 Å². The molecule has 0 saturated heterocycles. The summed E-state index contributed by atoms with van der Waals surface area (Å²) in [6.45, 7) is 3.88. The smallest absolute Gasteiger partial charge is 0.294 e. The molecule has 0 aliphatic carbocycles. The van der Waals surface area contributed by atoms with Crippen LogP contribution in [-0.4, -0.2) is 31.7 Å². The van der Waals surface area contributed by atoms with E-state index in [4.69, 9.17) is 9.26 Å².